The summed E-state index contributed by atoms with van der Waals surface area (Å²) in [5.74, 6) is -0.290. The van der Waals surface area contributed by atoms with E-state index in [0.717, 1.165) is 5.56 Å². The van der Waals surface area contributed by atoms with Gasteiger partial charge < -0.3 is 0 Å². The summed E-state index contributed by atoms with van der Waals surface area (Å²) in [5, 5.41) is 9.02. The first-order valence-corrected chi connectivity index (χ1v) is 10.0. The van der Waals surface area contributed by atoms with Crippen LogP contribution in [-0.4, -0.2) is 25.7 Å². The van der Waals surface area contributed by atoms with E-state index in [4.69, 9.17) is 23.2 Å². The van der Waals surface area contributed by atoms with Crippen molar-refractivity contribution in [2.24, 2.45) is 0 Å². The highest BCUT2D eigenvalue weighted by Gasteiger charge is 2.19. The molecule has 29 heavy (non-hydrogen) atoms. The summed E-state index contributed by atoms with van der Waals surface area (Å²) in [7, 11) is 0. The molecule has 0 aliphatic carbocycles. The summed E-state index contributed by atoms with van der Waals surface area (Å²) >= 11 is 13.6. The van der Waals surface area contributed by atoms with Gasteiger partial charge in [-0.25, -0.2) is 14.6 Å². The number of hydrogen-bond acceptors (Lipinski definition) is 5. The van der Waals surface area contributed by atoms with Gasteiger partial charge in [0, 0.05) is 16.7 Å². The molecule has 0 bridgehead atoms. The molecule has 0 aliphatic rings. The van der Waals surface area contributed by atoms with E-state index in [1.165, 1.54) is 23.7 Å². The van der Waals surface area contributed by atoms with E-state index in [1.807, 2.05) is 30.3 Å². The van der Waals surface area contributed by atoms with Crippen LogP contribution in [0.1, 0.15) is 5.56 Å². The molecule has 1 N–H and O–H groups in total. The van der Waals surface area contributed by atoms with Crippen molar-refractivity contribution < 1.29 is 4.79 Å². The number of nitrogens with one attached hydrogen (secondary N) is 1. The van der Waals surface area contributed by atoms with Crippen LogP contribution >= 0.6 is 34.5 Å². The van der Waals surface area contributed by atoms with Crippen molar-refractivity contribution in [3.63, 3.8) is 0 Å². The third-order valence-electron chi connectivity index (χ3n) is 3.88. The molecule has 0 saturated heterocycles. The van der Waals surface area contributed by atoms with E-state index < -0.39 is 0 Å². The lowest BCUT2D eigenvalue weighted by atomic mass is 10.1. The van der Waals surface area contributed by atoms with Crippen molar-refractivity contribution in [2.45, 2.75) is 0 Å². The van der Waals surface area contributed by atoms with Gasteiger partial charge in [0.05, 0.1) is 5.02 Å². The fourth-order valence-corrected chi connectivity index (χ4v) is 3.98. The van der Waals surface area contributed by atoms with Crippen LogP contribution in [0.4, 0.5) is 5.13 Å². The molecule has 1 amide bonds. The Morgan fingerprint density at radius 2 is 1.97 bits per heavy atom. The molecular weight excluding hydrogens is 429 g/mol. The van der Waals surface area contributed by atoms with Gasteiger partial charge in [0.1, 0.15) is 23.3 Å². The van der Waals surface area contributed by atoms with Crippen molar-refractivity contribution >= 4 is 51.7 Å². The first kappa shape index (κ1) is 19.3. The fourth-order valence-electron chi connectivity index (χ4n) is 2.57. The monoisotopic (exact) mass is 441 g/mol. The summed E-state index contributed by atoms with van der Waals surface area (Å²) in [6.07, 6.45) is 6.18. The van der Waals surface area contributed by atoms with Crippen LogP contribution < -0.4 is 5.32 Å². The Morgan fingerprint density at radius 3 is 2.69 bits per heavy atom. The van der Waals surface area contributed by atoms with Crippen LogP contribution in [0.5, 0.6) is 0 Å². The second-order valence-corrected chi connectivity index (χ2v) is 7.69. The van der Waals surface area contributed by atoms with Crippen LogP contribution in [0, 0.1) is 0 Å². The molecule has 2 aromatic heterocycles. The van der Waals surface area contributed by atoms with Crippen molar-refractivity contribution in [3.05, 3.63) is 82.9 Å². The zero-order valence-electron chi connectivity index (χ0n) is 14.8. The highest BCUT2D eigenvalue weighted by molar-refractivity contribution is 7.18. The Balaban J connectivity index is 1.65. The SMILES string of the molecule is O=C(/C=C/c1ccccc1)Nc1nc(-c2ccc(Cl)cc2Cl)c(-n2cncn2)s1. The van der Waals surface area contributed by atoms with Crippen LogP contribution in [0.15, 0.2) is 67.3 Å². The maximum atomic E-state index is 12.3. The van der Waals surface area contributed by atoms with Crippen LogP contribution in [0.2, 0.25) is 10.0 Å². The largest absolute Gasteiger partial charge is 0.298 e. The van der Waals surface area contributed by atoms with E-state index in [-0.39, 0.29) is 5.91 Å². The quantitative estimate of drug-likeness (QED) is 0.423. The van der Waals surface area contributed by atoms with Crippen molar-refractivity contribution in [3.8, 4) is 16.3 Å². The highest BCUT2D eigenvalue weighted by atomic mass is 35.5. The van der Waals surface area contributed by atoms with Gasteiger partial charge in [0.25, 0.3) is 0 Å². The minimum atomic E-state index is -0.290. The lowest BCUT2D eigenvalue weighted by Crippen LogP contribution is -2.07. The summed E-state index contributed by atoms with van der Waals surface area (Å²) < 4.78 is 1.58. The second-order valence-electron chi connectivity index (χ2n) is 5.87. The zero-order valence-corrected chi connectivity index (χ0v) is 17.1. The molecule has 0 spiro atoms. The number of benzene rings is 2. The van der Waals surface area contributed by atoms with Gasteiger partial charge in [-0.05, 0) is 29.8 Å². The van der Waals surface area contributed by atoms with E-state index in [2.05, 4.69) is 20.4 Å². The average Bonchev–Trinajstić information content (AvgIpc) is 3.37. The Hall–Kier alpha value is -3.00. The molecular formula is C20H13Cl2N5OS. The number of hydrogen-bond donors (Lipinski definition) is 1. The minimum absolute atomic E-state index is 0.290. The third-order valence-corrected chi connectivity index (χ3v) is 5.39. The lowest BCUT2D eigenvalue weighted by Gasteiger charge is -2.04. The maximum Gasteiger partial charge on any atom is 0.250 e. The molecule has 144 valence electrons. The standard InChI is InChI=1S/C20H13Cl2N5OS/c21-14-7-8-15(16(22)10-14)18-19(27-12-23-11-24-27)29-20(26-18)25-17(28)9-6-13-4-2-1-3-5-13/h1-12H,(H,25,26,28)/b9-6+. The summed E-state index contributed by atoms with van der Waals surface area (Å²) in [4.78, 5) is 20.9. The number of anilines is 1. The van der Waals surface area contributed by atoms with Crippen molar-refractivity contribution in [1.29, 1.82) is 0 Å². The molecule has 2 aromatic carbocycles. The normalized spacial score (nSPS) is 11.1. The van der Waals surface area contributed by atoms with Gasteiger partial charge in [0.15, 0.2) is 5.13 Å². The number of carbonyl (C=O) groups is 1. The summed E-state index contributed by atoms with van der Waals surface area (Å²) in [6, 6.07) is 14.7. The lowest BCUT2D eigenvalue weighted by molar-refractivity contribution is -0.111. The third kappa shape index (κ3) is 4.54. The van der Waals surface area contributed by atoms with Gasteiger partial charge in [0.2, 0.25) is 5.91 Å². The molecule has 6 nitrogen and oxygen atoms in total. The molecule has 0 aliphatic heterocycles. The van der Waals surface area contributed by atoms with Gasteiger partial charge in [-0.2, -0.15) is 5.10 Å². The number of amides is 1. The van der Waals surface area contributed by atoms with E-state index in [9.17, 15) is 4.79 Å². The van der Waals surface area contributed by atoms with E-state index in [0.29, 0.717) is 31.4 Å². The number of thiazole rings is 1. The average molecular weight is 442 g/mol. The zero-order chi connectivity index (χ0) is 20.2. The first-order valence-electron chi connectivity index (χ1n) is 8.45. The van der Waals surface area contributed by atoms with Crippen molar-refractivity contribution in [2.75, 3.05) is 5.32 Å². The van der Waals surface area contributed by atoms with Gasteiger partial charge >= 0.3 is 0 Å². The van der Waals surface area contributed by atoms with Gasteiger partial charge in [-0.1, -0.05) is 64.9 Å². The van der Waals surface area contributed by atoms with Crippen LogP contribution in [-0.2, 0) is 4.79 Å². The Kier molecular flexibility index (Phi) is 5.71. The molecule has 0 saturated carbocycles. The Bertz CT molecular complexity index is 1170. The first-order chi connectivity index (χ1) is 14.1. The predicted octanol–water partition coefficient (Wildman–Crippen LogP) is 5.35. The highest BCUT2D eigenvalue weighted by Crippen LogP contribution is 2.38. The number of halogens is 2. The van der Waals surface area contributed by atoms with E-state index >= 15 is 0 Å². The Labute approximate surface area is 180 Å². The molecule has 9 heteroatoms. The van der Waals surface area contributed by atoms with Gasteiger partial charge in [-0.15, -0.1) is 0 Å². The molecule has 0 unspecified atom stereocenters. The molecule has 4 rings (SSSR count). The summed E-state index contributed by atoms with van der Waals surface area (Å²) in [6.45, 7) is 0. The number of rotatable bonds is 5. The second kappa shape index (κ2) is 8.57. The van der Waals surface area contributed by atoms with Gasteiger partial charge in [-0.3, -0.25) is 10.1 Å². The Morgan fingerprint density at radius 1 is 1.14 bits per heavy atom. The maximum absolute atomic E-state index is 12.3. The molecule has 0 fully saturated rings. The van der Waals surface area contributed by atoms with Crippen LogP contribution in [0.25, 0.3) is 22.3 Å². The topological polar surface area (TPSA) is 72.7 Å². The summed E-state index contributed by atoms with van der Waals surface area (Å²) in [5.41, 5.74) is 2.18. The smallest absolute Gasteiger partial charge is 0.250 e. The number of aromatic nitrogens is 4. The fraction of sp³-hybridized carbons (Fsp3) is 0. The minimum Gasteiger partial charge on any atom is -0.298 e. The number of nitrogens with zero attached hydrogens (tertiary/aromatic N) is 4. The molecule has 0 atom stereocenters. The van der Waals surface area contributed by atoms with Crippen LogP contribution in [0.3, 0.4) is 0 Å². The molecule has 2 heterocycles. The molecule has 4 aromatic rings. The van der Waals surface area contributed by atoms with E-state index in [1.54, 1.807) is 35.3 Å². The number of carbonyl (C=O) groups excluding carboxylic acids is 1. The predicted molar refractivity (Wildman–Crippen MR) is 117 cm³/mol. The van der Waals surface area contributed by atoms with Crippen molar-refractivity contribution in [1.82, 2.24) is 19.7 Å². The molecule has 0 radical (unpaired) electrons.